The van der Waals surface area contributed by atoms with Gasteiger partial charge in [-0.3, -0.25) is 4.79 Å². The molecule has 0 radical (unpaired) electrons. The SMILES string of the molecule is C=C(CC(=O)OCc1ccc(Cl)cc1)C(=O)OCc1ccc(Cl)cc1. The van der Waals surface area contributed by atoms with Crippen molar-refractivity contribution in [1.29, 1.82) is 0 Å². The molecule has 2 aromatic rings. The van der Waals surface area contributed by atoms with E-state index in [1.165, 1.54) is 0 Å². The Bertz CT molecular complexity index is 752. The molecule has 0 unspecified atom stereocenters. The zero-order valence-corrected chi connectivity index (χ0v) is 14.8. The van der Waals surface area contributed by atoms with Crippen LogP contribution in [0.1, 0.15) is 17.5 Å². The highest BCUT2D eigenvalue weighted by atomic mass is 35.5. The third kappa shape index (κ3) is 6.61. The van der Waals surface area contributed by atoms with Gasteiger partial charge in [0.2, 0.25) is 0 Å². The number of esters is 2. The second kappa shape index (κ2) is 9.25. The molecule has 0 aliphatic rings. The van der Waals surface area contributed by atoms with Crippen LogP contribution >= 0.6 is 23.2 Å². The monoisotopic (exact) mass is 378 g/mol. The van der Waals surface area contributed by atoms with Gasteiger partial charge in [-0.25, -0.2) is 4.79 Å². The first-order valence-electron chi connectivity index (χ1n) is 7.43. The van der Waals surface area contributed by atoms with Crippen LogP contribution in [-0.2, 0) is 32.3 Å². The Kier molecular flexibility index (Phi) is 7.04. The fourth-order valence-corrected chi connectivity index (χ4v) is 2.13. The molecule has 25 heavy (non-hydrogen) atoms. The van der Waals surface area contributed by atoms with E-state index in [2.05, 4.69) is 6.58 Å². The van der Waals surface area contributed by atoms with E-state index < -0.39 is 11.9 Å². The predicted octanol–water partition coefficient (Wildman–Crippen LogP) is 4.73. The van der Waals surface area contributed by atoms with Gasteiger partial charge in [-0.1, -0.05) is 54.0 Å². The third-order valence-corrected chi connectivity index (χ3v) is 3.75. The number of carbonyl (C=O) groups is 2. The van der Waals surface area contributed by atoms with Crippen molar-refractivity contribution in [2.75, 3.05) is 0 Å². The van der Waals surface area contributed by atoms with E-state index in [1.54, 1.807) is 48.5 Å². The minimum Gasteiger partial charge on any atom is -0.461 e. The summed E-state index contributed by atoms with van der Waals surface area (Å²) in [5, 5.41) is 1.20. The van der Waals surface area contributed by atoms with Crippen LogP contribution in [0.5, 0.6) is 0 Å². The van der Waals surface area contributed by atoms with E-state index in [1.807, 2.05) is 0 Å². The van der Waals surface area contributed by atoms with Gasteiger partial charge in [0.25, 0.3) is 0 Å². The molecular formula is C19H16Cl2O4. The zero-order chi connectivity index (χ0) is 18.2. The molecule has 4 nitrogen and oxygen atoms in total. The summed E-state index contributed by atoms with van der Waals surface area (Å²) >= 11 is 11.6. The van der Waals surface area contributed by atoms with Crippen molar-refractivity contribution in [3.05, 3.63) is 81.9 Å². The number of benzene rings is 2. The van der Waals surface area contributed by atoms with Gasteiger partial charge in [-0.2, -0.15) is 0 Å². The fourth-order valence-electron chi connectivity index (χ4n) is 1.87. The summed E-state index contributed by atoms with van der Waals surface area (Å²) in [6.45, 7) is 3.75. The topological polar surface area (TPSA) is 52.6 Å². The van der Waals surface area contributed by atoms with Gasteiger partial charge in [0.1, 0.15) is 13.2 Å². The van der Waals surface area contributed by atoms with E-state index in [-0.39, 0.29) is 25.2 Å². The minimum absolute atomic E-state index is 0.0371. The van der Waals surface area contributed by atoms with Crippen molar-refractivity contribution >= 4 is 35.1 Å². The van der Waals surface area contributed by atoms with Crippen LogP contribution < -0.4 is 0 Å². The first-order valence-corrected chi connectivity index (χ1v) is 8.19. The normalized spacial score (nSPS) is 10.2. The Hall–Kier alpha value is -2.30. The molecule has 6 heteroatoms. The summed E-state index contributed by atoms with van der Waals surface area (Å²) in [5.74, 6) is -1.19. The lowest BCUT2D eigenvalue weighted by Gasteiger charge is -2.08. The Balaban J connectivity index is 1.74. The van der Waals surface area contributed by atoms with Gasteiger partial charge in [0.15, 0.2) is 0 Å². The summed E-state index contributed by atoms with van der Waals surface area (Å²) < 4.78 is 10.2. The average molecular weight is 379 g/mol. The van der Waals surface area contributed by atoms with Crippen LogP contribution in [0.3, 0.4) is 0 Å². The van der Waals surface area contributed by atoms with Gasteiger partial charge >= 0.3 is 11.9 Å². The quantitative estimate of drug-likeness (QED) is 0.516. The van der Waals surface area contributed by atoms with E-state index in [0.29, 0.717) is 10.0 Å². The number of hydrogen-bond acceptors (Lipinski definition) is 4. The molecule has 0 aliphatic carbocycles. The van der Waals surface area contributed by atoms with Crippen molar-refractivity contribution in [2.24, 2.45) is 0 Å². The molecular weight excluding hydrogens is 363 g/mol. The highest BCUT2D eigenvalue weighted by Crippen LogP contribution is 2.13. The molecule has 2 aromatic carbocycles. The van der Waals surface area contributed by atoms with Gasteiger partial charge in [0.05, 0.1) is 6.42 Å². The Morgan fingerprint density at radius 1 is 0.800 bits per heavy atom. The molecule has 130 valence electrons. The predicted molar refractivity (Wildman–Crippen MR) is 96.3 cm³/mol. The summed E-state index contributed by atoms with van der Waals surface area (Å²) in [4.78, 5) is 23.6. The molecule has 0 fully saturated rings. The summed E-state index contributed by atoms with van der Waals surface area (Å²) in [6.07, 6.45) is -0.229. The van der Waals surface area contributed by atoms with Crippen molar-refractivity contribution < 1.29 is 19.1 Å². The maximum atomic E-state index is 11.9. The van der Waals surface area contributed by atoms with Crippen molar-refractivity contribution in [1.82, 2.24) is 0 Å². The molecule has 0 bridgehead atoms. The van der Waals surface area contributed by atoms with E-state index in [0.717, 1.165) is 11.1 Å². The van der Waals surface area contributed by atoms with Crippen molar-refractivity contribution in [3.8, 4) is 0 Å². The second-order valence-electron chi connectivity index (χ2n) is 5.27. The van der Waals surface area contributed by atoms with Gasteiger partial charge < -0.3 is 9.47 Å². The van der Waals surface area contributed by atoms with Crippen LogP contribution in [0.2, 0.25) is 10.0 Å². The van der Waals surface area contributed by atoms with Crippen molar-refractivity contribution in [2.45, 2.75) is 19.6 Å². The maximum absolute atomic E-state index is 11.9. The number of rotatable bonds is 7. The third-order valence-electron chi connectivity index (χ3n) is 3.24. The Morgan fingerprint density at radius 2 is 1.24 bits per heavy atom. The summed E-state index contributed by atoms with van der Waals surface area (Å²) in [5.41, 5.74) is 1.62. The summed E-state index contributed by atoms with van der Waals surface area (Å²) in [6, 6.07) is 13.8. The molecule has 0 amide bonds. The van der Waals surface area contributed by atoms with Gasteiger partial charge in [0, 0.05) is 15.6 Å². The molecule has 0 saturated heterocycles. The van der Waals surface area contributed by atoms with Crippen LogP contribution in [0.4, 0.5) is 0 Å². The van der Waals surface area contributed by atoms with Crippen LogP contribution in [0.15, 0.2) is 60.7 Å². The highest BCUT2D eigenvalue weighted by Gasteiger charge is 2.14. The van der Waals surface area contributed by atoms with Crippen LogP contribution in [0, 0.1) is 0 Å². The van der Waals surface area contributed by atoms with Crippen LogP contribution in [0.25, 0.3) is 0 Å². The Morgan fingerprint density at radius 3 is 1.72 bits per heavy atom. The van der Waals surface area contributed by atoms with Crippen molar-refractivity contribution in [3.63, 3.8) is 0 Å². The second-order valence-corrected chi connectivity index (χ2v) is 6.14. The maximum Gasteiger partial charge on any atom is 0.334 e. The molecule has 0 spiro atoms. The average Bonchev–Trinajstić information content (AvgIpc) is 2.60. The lowest BCUT2D eigenvalue weighted by molar-refractivity contribution is -0.147. The molecule has 0 heterocycles. The fraction of sp³-hybridized carbons (Fsp3) is 0.158. The number of halogens is 2. The van der Waals surface area contributed by atoms with Gasteiger partial charge in [-0.15, -0.1) is 0 Å². The number of hydrogen-bond donors (Lipinski definition) is 0. The Labute approximate surface area is 156 Å². The first kappa shape index (κ1) is 19.0. The smallest absolute Gasteiger partial charge is 0.334 e. The largest absolute Gasteiger partial charge is 0.461 e. The molecule has 0 aromatic heterocycles. The molecule has 0 saturated carbocycles. The lowest BCUT2D eigenvalue weighted by Crippen LogP contribution is -2.13. The van der Waals surface area contributed by atoms with Gasteiger partial charge in [-0.05, 0) is 35.4 Å². The standard InChI is InChI=1S/C19H16Cl2O4/c1-13(19(23)25-12-15-4-8-17(21)9-5-15)10-18(22)24-11-14-2-6-16(20)7-3-14/h2-9H,1,10-12H2. The number of ether oxygens (including phenoxy) is 2. The molecule has 0 aliphatic heterocycles. The molecule has 2 rings (SSSR count). The lowest BCUT2D eigenvalue weighted by atomic mass is 10.2. The molecule has 0 N–H and O–H groups in total. The minimum atomic E-state index is -0.640. The molecule has 0 atom stereocenters. The highest BCUT2D eigenvalue weighted by molar-refractivity contribution is 6.30. The number of carbonyl (C=O) groups excluding carboxylic acids is 2. The van der Waals surface area contributed by atoms with E-state index in [9.17, 15) is 9.59 Å². The summed E-state index contributed by atoms with van der Waals surface area (Å²) in [7, 11) is 0. The van der Waals surface area contributed by atoms with E-state index in [4.69, 9.17) is 32.7 Å². The first-order chi connectivity index (χ1) is 11.9. The zero-order valence-electron chi connectivity index (χ0n) is 13.3. The van der Waals surface area contributed by atoms with E-state index >= 15 is 0 Å². The van der Waals surface area contributed by atoms with Crippen LogP contribution in [-0.4, -0.2) is 11.9 Å².